The molecule has 10 atom stereocenters. The minimum atomic E-state index is -0.158. The molecule has 0 radical (unpaired) electrons. The van der Waals surface area contributed by atoms with Crippen LogP contribution in [0.25, 0.3) is 0 Å². The van der Waals surface area contributed by atoms with E-state index >= 15 is 0 Å². The fourth-order valence-corrected chi connectivity index (χ4v) is 11.4. The van der Waals surface area contributed by atoms with Crippen LogP contribution in [0.2, 0.25) is 0 Å². The molecule has 5 aliphatic rings. The Morgan fingerprint density at radius 3 is 2.22 bits per heavy atom. The molecule has 0 aliphatic heterocycles. The van der Waals surface area contributed by atoms with Crippen LogP contribution in [0.15, 0.2) is 12.2 Å². The zero-order chi connectivity index (χ0) is 23.3. The smallest absolute Gasteiger partial charge is 0.126 e. The topological polar surface area (TPSA) is 37.3 Å². The molecule has 0 amide bonds. The second-order valence-corrected chi connectivity index (χ2v) is 14.4. The lowest BCUT2D eigenvalue weighted by molar-refractivity contribution is -0.245. The van der Waals surface area contributed by atoms with Gasteiger partial charge in [0.25, 0.3) is 0 Å². The van der Waals surface area contributed by atoms with E-state index in [1.165, 1.54) is 50.4 Å². The van der Waals surface area contributed by atoms with E-state index in [1.54, 1.807) is 0 Å². The summed E-state index contributed by atoms with van der Waals surface area (Å²) in [6, 6.07) is 0. The first kappa shape index (κ1) is 23.1. The van der Waals surface area contributed by atoms with Crippen LogP contribution in [0.1, 0.15) is 106 Å². The van der Waals surface area contributed by atoms with E-state index in [2.05, 4.69) is 48.1 Å². The molecular weight excluding hydrogens is 392 g/mol. The lowest BCUT2D eigenvalue weighted by Gasteiger charge is -2.72. The fraction of sp³-hybridized carbons (Fsp3) is 0.900. The minimum absolute atomic E-state index is 0.0157. The Balaban J connectivity index is 1.56. The van der Waals surface area contributed by atoms with Crippen molar-refractivity contribution < 1.29 is 9.90 Å². The van der Waals surface area contributed by atoms with Crippen LogP contribution in [0.5, 0.6) is 0 Å². The number of fused-ring (bicyclic) bond motifs is 7. The summed E-state index contributed by atoms with van der Waals surface area (Å²) >= 11 is 0. The summed E-state index contributed by atoms with van der Waals surface area (Å²) in [7, 11) is 0. The highest BCUT2D eigenvalue weighted by atomic mass is 16.3. The predicted octanol–water partition coefficient (Wildman–Crippen LogP) is 7.20. The molecule has 0 aromatic heterocycles. The third-order valence-electron chi connectivity index (χ3n) is 13.3. The Labute approximate surface area is 197 Å². The summed E-state index contributed by atoms with van der Waals surface area (Å²) in [4.78, 5) is 12.6. The maximum Gasteiger partial charge on any atom is 0.126 e. The molecule has 2 nitrogen and oxygen atoms in total. The highest BCUT2D eigenvalue weighted by molar-refractivity contribution is 5.62. The van der Waals surface area contributed by atoms with Gasteiger partial charge in [0.1, 0.15) is 6.29 Å². The van der Waals surface area contributed by atoms with Gasteiger partial charge in [0.2, 0.25) is 0 Å². The molecule has 1 N–H and O–H groups in total. The van der Waals surface area contributed by atoms with E-state index in [-0.39, 0.29) is 16.9 Å². The Hall–Kier alpha value is -0.630. The van der Waals surface area contributed by atoms with Gasteiger partial charge in [0, 0.05) is 5.41 Å². The number of aliphatic hydroxyl groups excluding tert-OH is 1. The number of hydrogen-bond donors (Lipinski definition) is 1. The predicted molar refractivity (Wildman–Crippen MR) is 131 cm³/mol. The Bertz CT molecular complexity index is 814. The first-order valence-electron chi connectivity index (χ1n) is 13.7. The van der Waals surface area contributed by atoms with Crippen LogP contribution in [-0.2, 0) is 4.79 Å². The molecule has 0 aromatic carbocycles. The van der Waals surface area contributed by atoms with E-state index < -0.39 is 0 Å². The molecule has 180 valence electrons. The van der Waals surface area contributed by atoms with Crippen LogP contribution in [0.4, 0.5) is 0 Å². The number of carbonyl (C=O) groups is 1. The van der Waals surface area contributed by atoms with Crippen molar-refractivity contribution in [1.82, 2.24) is 0 Å². The molecule has 0 heterocycles. The van der Waals surface area contributed by atoms with Gasteiger partial charge in [-0.1, -0.05) is 46.8 Å². The zero-order valence-corrected chi connectivity index (χ0v) is 21.7. The summed E-state index contributed by atoms with van der Waals surface area (Å²) in [6.07, 6.45) is 13.1. The van der Waals surface area contributed by atoms with Crippen molar-refractivity contribution in [2.24, 2.45) is 56.7 Å². The molecule has 5 rings (SSSR count). The molecule has 5 fully saturated rings. The molecular formula is C30H48O2. The Morgan fingerprint density at radius 1 is 0.844 bits per heavy atom. The van der Waals surface area contributed by atoms with Crippen molar-refractivity contribution >= 4 is 6.29 Å². The standard InChI is InChI=1S/C30H48O2/c1-19(2)20-10-15-30(18-31)17-16-28(6)21(25(20)30)8-9-23-27(5)13-12-24(32)26(3,4)22(27)11-14-29(23,28)7/h18,20-25,32H,1,8-17H2,2-7H3/t20-,21-,22-,23+,24-,25-,27+,28-,29-,30-/m0/s1. The molecule has 5 aliphatic carbocycles. The highest BCUT2D eigenvalue weighted by Gasteiger charge is 2.70. The Morgan fingerprint density at radius 2 is 1.56 bits per heavy atom. The maximum absolute atomic E-state index is 12.6. The zero-order valence-electron chi connectivity index (χ0n) is 21.7. The average molecular weight is 441 g/mol. The molecule has 2 heteroatoms. The van der Waals surface area contributed by atoms with Crippen molar-refractivity contribution in [1.29, 1.82) is 0 Å². The van der Waals surface area contributed by atoms with Gasteiger partial charge in [0.05, 0.1) is 6.10 Å². The molecule has 0 saturated heterocycles. The number of aldehydes is 1. The van der Waals surface area contributed by atoms with Crippen LogP contribution < -0.4 is 0 Å². The highest BCUT2D eigenvalue weighted by Crippen LogP contribution is 2.77. The van der Waals surface area contributed by atoms with Crippen molar-refractivity contribution in [2.45, 2.75) is 112 Å². The van der Waals surface area contributed by atoms with Crippen molar-refractivity contribution in [3.05, 3.63) is 12.2 Å². The molecule has 0 unspecified atom stereocenters. The van der Waals surface area contributed by atoms with Crippen molar-refractivity contribution in [3.8, 4) is 0 Å². The van der Waals surface area contributed by atoms with Gasteiger partial charge in [-0.15, -0.1) is 0 Å². The first-order valence-corrected chi connectivity index (χ1v) is 13.7. The normalized spacial score (nSPS) is 56.3. The molecule has 0 spiro atoms. The van der Waals surface area contributed by atoms with E-state index in [1.807, 2.05) is 0 Å². The second kappa shape index (κ2) is 6.96. The quantitative estimate of drug-likeness (QED) is 0.364. The number of carbonyl (C=O) groups excluding carboxylic acids is 1. The van der Waals surface area contributed by atoms with Crippen LogP contribution >= 0.6 is 0 Å². The summed E-state index contributed by atoms with van der Waals surface area (Å²) in [6.45, 7) is 19.2. The number of hydrogen-bond acceptors (Lipinski definition) is 2. The Kier molecular flexibility index (Phi) is 5.03. The van der Waals surface area contributed by atoms with Gasteiger partial charge >= 0.3 is 0 Å². The summed E-state index contributed by atoms with van der Waals surface area (Å²) in [5.41, 5.74) is 2.20. The lowest BCUT2D eigenvalue weighted by atomic mass is 9.32. The monoisotopic (exact) mass is 440 g/mol. The largest absolute Gasteiger partial charge is 0.393 e. The maximum atomic E-state index is 12.6. The third kappa shape index (κ3) is 2.60. The molecule has 0 aromatic rings. The second-order valence-electron chi connectivity index (χ2n) is 14.4. The first-order chi connectivity index (χ1) is 14.9. The lowest BCUT2D eigenvalue weighted by Crippen LogP contribution is -2.66. The van der Waals surface area contributed by atoms with E-state index in [0.29, 0.717) is 39.9 Å². The molecule has 32 heavy (non-hydrogen) atoms. The number of rotatable bonds is 2. The molecule has 0 bridgehead atoms. The van der Waals surface area contributed by atoms with Crippen LogP contribution in [0.3, 0.4) is 0 Å². The van der Waals surface area contributed by atoms with Gasteiger partial charge in [-0.3, -0.25) is 0 Å². The average Bonchev–Trinajstić information content (AvgIpc) is 3.12. The van der Waals surface area contributed by atoms with Crippen molar-refractivity contribution in [2.75, 3.05) is 0 Å². The van der Waals surface area contributed by atoms with Gasteiger partial charge in [-0.2, -0.15) is 0 Å². The van der Waals surface area contributed by atoms with E-state index in [0.717, 1.165) is 31.6 Å². The van der Waals surface area contributed by atoms with Gasteiger partial charge in [0.15, 0.2) is 0 Å². The van der Waals surface area contributed by atoms with Gasteiger partial charge < -0.3 is 9.90 Å². The fourth-order valence-electron chi connectivity index (χ4n) is 11.4. The van der Waals surface area contributed by atoms with Crippen molar-refractivity contribution in [3.63, 3.8) is 0 Å². The third-order valence-corrected chi connectivity index (χ3v) is 13.3. The molecule has 5 saturated carbocycles. The summed E-state index contributed by atoms with van der Waals surface area (Å²) in [5, 5.41) is 10.9. The number of allylic oxidation sites excluding steroid dienone is 1. The minimum Gasteiger partial charge on any atom is -0.393 e. The SMILES string of the molecule is C=C(C)[C@@H]1CC[C@@]2(C=O)CC[C@@]3(C)[C@@H](CC[C@@H]4[C@]5(C)CC[C@H](O)C(C)(C)[C@@H]5CC[C@@]43C)[C@H]12. The van der Waals surface area contributed by atoms with E-state index in [4.69, 9.17) is 0 Å². The van der Waals surface area contributed by atoms with E-state index in [9.17, 15) is 9.90 Å². The summed E-state index contributed by atoms with van der Waals surface area (Å²) in [5.74, 6) is 3.03. The number of aliphatic hydroxyl groups is 1. The summed E-state index contributed by atoms with van der Waals surface area (Å²) < 4.78 is 0. The van der Waals surface area contributed by atoms with Gasteiger partial charge in [-0.25, -0.2) is 0 Å². The van der Waals surface area contributed by atoms with Crippen LogP contribution in [0, 0.1) is 56.7 Å². The van der Waals surface area contributed by atoms with Gasteiger partial charge in [-0.05, 0) is 122 Å². The van der Waals surface area contributed by atoms with Crippen LogP contribution in [-0.4, -0.2) is 17.5 Å².